The summed E-state index contributed by atoms with van der Waals surface area (Å²) in [5, 5.41) is 14.0. The van der Waals surface area contributed by atoms with E-state index in [4.69, 9.17) is 4.74 Å². The van der Waals surface area contributed by atoms with E-state index < -0.39 is 14.8 Å². The van der Waals surface area contributed by atoms with Crippen LogP contribution in [0.5, 0.6) is 5.75 Å². The van der Waals surface area contributed by atoms with Crippen LogP contribution in [0.2, 0.25) is 0 Å². The maximum atomic E-state index is 11.5. The first kappa shape index (κ1) is 17.7. The molecule has 0 spiro atoms. The highest BCUT2D eigenvalue weighted by Crippen LogP contribution is 2.27. The zero-order valence-corrected chi connectivity index (χ0v) is 14.2. The van der Waals surface area contributed by atoms with Gasteiger partial charge in [-0.15, -0.1) is 0 Å². The molecule has 2 aromatic carbocycles. The first-order chi connectivity index (χ1) is 11.3. The number of anilines is 1. The lowest BCUT2D eigenvalue weighted by Crippen LogP contribution is -2.13. The quantitative estimate of drug-likeness (QED) is 0.468. The van der Waals surface area contributed by atoms with Gasteiger partial charge in [-0.1, -0.05) is 12.1 Å². The van der Waals surface area contributed by atoms with Gasteiger partial charge in [0.25, 0.3) is 5.69 Å². The maximum Gasteiger partial charge on any atom is 0.293 e. The fourth-order valence-electron chi connectivity index (χ4n) is 2.10. The van der Waals surface area contributed by atoms with Crippen LogP contribution >= 0.6 is 0 Å². The van der Waals surface area contributed by atoms with Crippen LogP contribution in [0.25, 0.3) is 0 Å². The topological polar surface area (TPSA) is 98.5 Å². The molecule has 0 saturated carbocycles. The van der Waals surface area contributed by atoms with Crippen molar-refractivity contribution >= 4 is 21.2 Å². The monoisotopic (exact) mass is 350 g/mol. The van der Waals surface area contributed by atoms with E-state index in [1.165, 1.54) is 12.1 Å². The summed E-state index contributed by atoms with van der Waals surface area (Å²) < 4.78 is 28.6. The highest BCUT2D eigenvalue weighted by atomic mass is 32.2. The second-order valence-electron chi connectivity index (χ2n) is 5.30. The second kappa shape index (κ2) is 7.31. The molecule has 0 aliphatic heterocycles. The zero-order valence-electron chi connectivity index (χ0n) is 13.4. The average Bonchev–Trinajstić information content (AvgIpc) is 2.50. The number of benzene rings is 2. The number of nitro benzene ring substituents is 1. The Morgan fingerprint density at radius 1 is 1.21 bits per heavy atom. The van der Waals surface area contributed by atoms with Gasteiger partial charge in [-0.3, -0.25) is 10.1 Å². The fourth-order valence-corrected chi connectivity index (χ4v) is 2.74. The molecule has 0 saturated heterocycles. The molecule has 0 radical (unpaired) electrons. The average molecular weight is 350 g/mol. The molecule has 2 aromatic rings. The third kappa shape index (κ3) is 4.69. The van der Waals surface area contributed by atoms with E-state index in [9.17, 15) is 18.5 Å². The summed E-state index contributed by atoms with van der Waals surface area (Å²) in [7, 11) is -3.50. The zero-order chi connectivity index (χ0) is 17.7. The van der Waals surface area contributed by atoms with E-state index in [-0.39, 0.29) is 16.3 Å². The Balaban J connectivity index is 2.03. The molecule has 0 amide bonds. The Kier molecular flexibility index (Phi) is 5.40. The summed E-state index contributed by atoms with van der Waals surface area (Å²) >= 11 is 0. The van der Waals surface area contributed by atoms with Crippen LogP contribution in [-0.4, -0.2) is 32.7 Å². The summed E-state index contributed by atoms with van der Waals surface area (Å²) in [4.78, 5) is 10.4. The number of nitrogens with one attached hydrogen (secondary N) is 1. The van der Waals surface area contributed by atoms with Crippen LogP contribution < -0.4 is 10.1 Å². The molecule has 0 fully saturated rings. The van der Waals surface area contributed by atoms with Gasteiger partial charge in [0.1, 0.15) is 18.0 Å². The van der Waals surface area contributed by atoms with Crippen LogP contribution in [-0.2, 0) is 9.84 Å². The number of hydrogen-bond acceptors (Lipinski definition) is 6. The number of nitro groups is 1. The van der Waals surface area contributed by atoms with Gasteiger partial charge in [0.05, 0.1) is 9.82 Å². The maximum absolute atomic E-state index is 11.5. The molecular weight excluding hydrogens is 332 g/mol. The molecule has 0 bridgehead atoms. The number of ether oxygens (including phenoxy) is 1. The Bertz CT molecular complexity index is 849. The van der Waals surface area contributed by atoms with Gasteiger partial charge >= 0.3 is 0 Å². The summed E-state index contributed by atoms with van der Waals surface area (Å²) in [5.41, 5.74) is 1.04. The molecule has 2 rings (SSSR count). The first-order valence-corrected chi connectivity index (χ1v) is 9.08. The number of hydrogen-bond donors (Lipinski definition) is 1. The lowest BCUT2D eigenvalue weighted by atomic mass is 10.2. The van der Waals surface area contributed by atoms with E-state index >= 15 is 0 Å². The largest absolute Gasteiger partial charge is 0.492 e. The molecule has 7 nitrogen and oxygen atoms in total. The van der Waals surface area contributed by atoms with E-state index in [1.54, 1.807) is 0 Å². The molecule has 8 heteroatoms. The molecule has 0 heterocycles. The number of aryl methyl sites for hydroxylation is 1. The van der Waals surface area contributed by atoms with Gasteiger partial charge in [0.15, 0.2) is 9.84 Å². The Morgan fingerprint density at radius 3 is 2.58 bits per heavy atom. The standard InChI is InChI=1S/C16H18N2O5S/c1-12-4-3-5-13(10-12)23-9-8-17-15-7-6-14(24(2,21)22)11-16(15)18(19)20/h3-7,10-11,17H,8-9H2,1-2H3. The van der Waals surface area contributed by atoms with Crippen molar-refractivity contribution in [2.75, 3.05) is 24.7 Å². The Labute approximate surface area is 140 Å². The molecule has 0 unspecified atom stereocenters. The molecule has 1 N–H and O–H groups in total. The normalized spacial score (nSPS) is 11.1. The summed E-state index contributed by atoms with van der Waals surface area (Å²) in [6.45, 7) is 2.61. The lowest BCUT2D eigenvalue weighted by molar-refractivity contribution is -0.384. The van der Waals surface area contributed by atoms with Crippen molar-refractivity contribution in [1.82, 2.24) is 0 Å². The minimum atomic E-state index is -3.50. The lowest BCUT2D eigenvalue weighted by Gasteiger charge is -2.10. The molecule has 128 valence electrons. The van der Waals surface area contributed by atoms with Gasteiger partial charge in [-0.2, -0.15) is 0 Å². The molecule has 0 aliphatic rings. The minimum absolute atomic E-state index is 0.0873. The SMILES string of the molecule is Cc1cccc(OCCNc2ccc(S(C)(=O)=O)cc2[N+](=O)[O-])c1. The van der Waals surface area contributed by atoms with Crippen molar-refractivity contribution in [2.24, 2.45) is 0 Å². The minimum Gasteiger partial charge on any atom is -0.492 e. The predicted molar refractivity (Wildman–Crippen MR) is 91.4 cm³/mol. The van der Waals surface area contributed by atoms with Gasteiger partial charge in [0, 0.05) is 18.9 Å². The molecule has 0 aliphatic carbocycles. The number of rotatable bonds is 7. The van der Waals surface area contributed by atoms with E-state index in [1.807, 2.05) is 31.2 Å². The van der Waals surface area contributed by atoms with Crippen LogP contribution in [0.3, 0.4) is 0 Å². The van der Waals surface area contributed by atoms with E-state index in [2.05, 4.69) is 5.32 Å². The van der Waals surface area contributed by atoms with Gasteiger partial charge in [-0.25, -0.2) is 8.42 Å². The van der Waals surface area contributed by atoms with E-state index in [0.29, 0.717) is 13.2 Å². The van der Waals surface area contributed by atoms with Crippen molar-refractivity contribution < 1.29 is 18.1 Å². The molecule has 0 aromatic heterocycles. The highest BCUT2D eigenvalue weighted by molar-refractivity contribution is 7.90. The van der Waals surface area contributed by atoms with Gasteiger partial charge < -0.3 is 10.1 Å². The second-order valence-corrected chi connectivity index (χ2v) is 7.32. The van der Waals surface area contributed by atoms with Crippen molar-refractivity contribution in [3.05, 3.63) is 58.1 Å². The van der Waals surface area contributed by atoms with Gasteiger partial charge in [-0.05, 0) is 36.8 Å². The summed E-state index contributed by atoms with van der Waals surface area (Å²) in [5.74, 6) is 0.721. The van der Waals surface area contributed by atoms with Crippen LogP contribution in [0.15, 0.2) is 47.4 Å². The number of nitrogens with zero attached hydrogens (tertiary/aromatic N) is 1. The Morgan fingerprint density at radius 2 is 1.96 bits per heavy atom. The van der Waals surface area contributed by atoms with Crippen molar-refractivity contribution in [3.63, 3.8) is 0 Å². The van der Waals surface area contributed by atoms with E-state index in [0.717, 1.165) is 23.6 Å². The highest BCUT2D eigenvalue weighted by Gasteiger charge is 2.18. The molecule has 0 atom stereocenters. The summed E-state index contributed by atoms with van der Waals surface area (Å²) in [6, 6.07) is 11.3. The third-order valence-electron chi connectivity index (χ3n) is 3.27. The van der Waals surface area contributed by atoms with Crippen molar-refractivity contribution in [3.8, 4) is 5.75 Å². The van der Waals surface area contributed by atoms with Crippen LogP contribution in [0, 0.1) is 17.0 Å². The number of sulfone groups is 1. The first-order valence-electron chi connectivity index (χ1n) is 7.19. The predicted octanol–water partition coefficient (Wildman–Crippen LogP) is 2.80. The van der Waals surface area contributed by atoms with Crippen LogP contribution in [0.1, 0.15) is 5.56 Å². The summed E-state index contributed by atoms with van der Waals surface area (Å²) in [6.07, 6.45) is 1.01. The van der Waals surface area contributed by atoms with Crippen LogP contribution in [0.4, 0.5) is 11.4 Å². The molecular formula is C16H18N2O5S. The fraction of sp³-hybridized carbons (Fsp3) is 0.250. The van der Waals surface area contributed by atoms with Gasteiger partial charge in [0.2, 0.25) is 0 Å². The van der Waals surface area contributed by atoms with Crippen molar-refractivity contribution in [1.29, 1.82) is 0 Å². The Hall–Kier alpha value is -2.61. The molecule has 24 heavy (non-hydrogen) atoms. The smallest absolute Gasteiger partial charge is 0.293 e. The third-order valence-corrected chi connectivity index (χ3v) is 4.38. The van der Waals surface area contributed by atoms with Crippen molar-refractivity contribution in [2.45, 2.75) is 11.8 Å².